The number of hydrogen-bond acceptors (Lipinski definition) is 5. The van der Waals surface area contributed by atoms with Gasteiger partial charge in [0, 0.05) is 18.8 Å². The molecule has 1 unspecified atom stereocenters. The van der Waals surface area contributed by atoms with Crippen molar-refractivity contribution in [1.29, 1.82) is 0 Å². The predicted octanol–water partition coefficient (Wildman–Crippen LogP) is 4.83. The van der Waals surface area contributed by atoms with Crippen molar-refractivity contribution in [3.63, 3.8) is 0 Å². The lowest BCUT2D eigenvalue weighted by Crippen LogP contribution is -2.48. The van der Waals surface area contributed by atoms with Crippen LogP contribution in [-0.4, -0.2) is 33.5 Å². The van der Waals surface area contributed by atoms with Crippen LogP contribution in [0.3, 0.4) is 0 Å². The van der Waals surface area contributed by atoms with Gasteiger partial charge in [0.2, 0.25) is 8.32 Å². The Kier molecular flexibility index (Phi) is 8.37. The molecule has 0 spiro atoms. The van der Waals surface area contributed by atoms with Gasteiger partial charge in [-0.15, -0.1) is 12.3 Å². The second-order valence-electron chi connectivity index (χ2n) is 8.79. The van der Waals surface area contributed by atoms with E-state index in [2.05, 4.69) is 39.8 Å². The van der Waals surface area contributed by atoms with Crippen LogP contribution in [0.15, 0.2) is 11.8 Å². The number of allylic oxidation sites excluding steroid dienone is 2. The Balaban J connectivity index is 3.37. The van der Waals surface area contributed by atoms with Crippen LogP contribution in [0.5, 0.6) is 0 Å². The van der Waals surface area contributed by atoms with Crippen molar-refractivity contribution >= 4 is 20.3 Å². The summed E-state index contributed by atoms with van der Waals surface area (Å²) in [5.74, 6) is 1.73. The van der Waals surface area contributed by atoms with Crippen LogP contribution in [0.2, 0.25) is 18.1 Å². The highest BCUT2D eigenvalue weighted by molar-refractivity contribution is 6.74. The number of esters is 2. The average Bonchev–Trinajstić information content (AvgIpc) is 2.58. The van der Waals surface area contributed by atoms with Gasteiger partial charge in [0.25, 0.3) is 0 Å². The average molecular weight is 409 g/mol. The van der Waals surface area contributed by atoms with E-state index in [9.17, 15) is 9.59 Å². The van der Waals surface area contributed by atoms with Crippen LogP contribution in [0.25, 0.3) is 0 Å². The Morgan fingerprint density at radius 3 is 2.14 bits per heavy atom. The Bertz CT molecular complexity index is 618. The summed E-state index contributed by atoms with van der Waals surface area (Å²) in [5.41, 5.74) is -1.52. The van der Waals surface area contributed by atoms with Crippen LogP contribution in [0, 0.1) is 23.7 Å². The molecule has 0 aliphatic heterocycles. The summed E-state index contributed by atoms with van der Waals surface area (Å²) < 4.78 is 17.0. The molecular formula is C22H36O5Si. The lowest BCUT2D eigenvalue weighted by Gasteiger charge is -2.40. The molecular weight excluding hydrogens is 372 g/mol. The summed E-state index contributed by atoms with van der Waals surface area (Å²) in [6.45, 7) is 14.7. The summed E-state index contributed by atoms with van der Waals surface area (Å²) in [5, 5.41) is 0.0545. The minimum atomic E-state index is -2.03. The third-order valence-electron chi connectivity index (χ3n) is 5.81. The van der Waals surface area contributed by atoms with Gasteiger partial charge in [-0.2, -0.15) is 0 Å². The first kappa shape index (κ1) is 24.3. The van der Waals surface area contributed by atoms with E-state index in [-0.39, 0.29) is 24.7 Å². The molecule has 0 heterocycles. The quantitative estimate of drug-likeness (QED) is 0.249. The van der Waals surface area contributed by atoms with E-state index in [1.807, 2.05) is 6.08 Å². The van der Waals surface area contributed by atoms with Crippen molar-refractivity contribution in [3.8, 4) is 12.3 Å². The standard InChI is InChI=1S/C22H36O5Si/c1-9-15-22(19(23)25-10-2,20(24)26-11-3)17-13-12-14-18(16-17)27-28(7,8)21(4,5)6/h1,16-17H,10-15H2,2-8H3. The zero-order valence-corrected chi connectivity index (χ0v) is 19.5. The van der Waals surface area contributed by atoms with Gasteiger partial charge >= 0.3 is 11.9 Å². The molecule has 0 radical (unpaired) electrons. The van der Waals surface area contributed by atoms with Gasteiger partial charge < -0.3 is 13.9 Å². The van der Waals surface area contributed by atoms with Gasteiger partial charge in [-0.05, 0) is 50.9 Å². The molecule has 0 saturated carbocycles. The van der Waals surface area contributed by atoms with Crippen LogP contribution in [0.4, 0.5) is 0 Å². The maximum Gasteiger partial charge on any atom is 0.325 e. The normalized spacial score (nSPS) is 17.9. The number of terminal acetylenes is 1. The maximum atomic E-state index is 12.9. The summed E-state index contributed by atoms with van der Waals surface area (Å²) in [6.07, 6.45) is 9.71. The van der Waals surface area contributed by atoms with E-state index >= 15 is 0 Å². The van der Waals surface area contributed by atoms with Crippen molar-refractivity contribution in [2.75, 3.05) is 13.2 Å². The highest BCUT2D eigenvalue weighted by Crippen LogP contribution is 2.44. The molecule has 0 bridgehead atoms. The second-order valence-corrected chi connectivity index (χ2v) is 13.5. The van der Waals surface area contributed by atoms with Gasteiger partial charge in [0.1, 0.15) is 0 Å². The Morgan fingerprint density at radius 2 is 1.71 bits per heavy atom. The third-order valence-corrected chi connectivity index (χ3v) is 10.2. The molecule has 0 aromatic carbocycles. The van der Waals surface area contributed by atoms with E-state index < -0.39 is 31.6 Å². The van der Waals surface area contributed by atoms with E-state index in [1.165, 1.54) is 0 Å². The molecule has 158 valence electrons. The minimum Gasteiger partial charge on any atom is -0.547 e. The minimum absolute atomic E-state index is 0.0545. The molecule has 6 heteroatoms. The number of ether oxygens (including phenoxy) is 2. The molecule has 1 aliphatic carbocycles. The fourth-order valence-electron chi connectivity index (χ4n) is 3.18. The molecule has 5 nitrogen and oxygen atoms in total. The third kappa shape index (κ3) is 5.19. The molecule has 1 atom stereocenters. The van der Waals surface area contributed by atoms with Crippen molar-refractivity contribution < 1.29 is 23.5 Å². The number of carbonyl (C=O) groups is 2. The smallest absolute Gasteiger partial charge is 0.325 e. The summed E-state index contributed by atoms with van der Waals surface area (Å²) in [4.78, 5) is 25.9. The highest BCUT2D eigenvalue weighted by atomic mass is 28.4. The molecule has 1 aliphatic rings. The molecule has 0 amide bonds. The molecule has 28 heavy (non-hydrogen) atoms. The van der Waals surface area contributed by atoms with Gasteiger partial charge in [-0.25, -0.2) is 0 Å². The number of rotatable bonds is 8. The van der Waals surface area contributed by atoms with E-state index in [4.69, 9.17) is 20.3 Å². The van der Waals surface area contributed by atoms with Crippen molar-refractivity contribution in [2.45, 2.75) is 78.4 Å². The van der Waals surface area contributed by atoms with Crippen molar-refractivity contribution in [2.24, 2.45) is 11.3 Å². The van der Waals surface area contributed by atoms with E-state index in [0.717, 1.165) is 18.6 Å². The predicted molar refractivity (Wildman–Crippen MR) is 113 cm³/mol. The molecule has 0 saturated heterocycles. The highest BCUT2D eigenvalue weighted by Gasteiger charge is 2.54. The molecule has 0 aromatic rings. The van der Waals surface area contributed by atoms with Gasteiger partial charge in [0.05, 0.1) is 19.0 Å². The van der Waals surface area contributed by atoms with E-state index in [0.29, 0.717) is 6.42 Å². The van der Waals surface area contributed by atoms with Crippen molar-refractivity contribution in [1.82, 2.24) is 0 Å². The molecule has 1 rings (SSSR count). The lowest BCUT2D eigenvalue weighted by molar-refractivity contribution is -0.175. The maximum absolute atomic E-state index is 12.9. The Hall–Kier alpha value is -1.74. The zero-order valence-electron chi connectivity index (χ0n) is 18.5. The fraction of sp³-hybridized carbons (Fsp3) is 0.727. The van der Waals surface area contributed by atoms with Crippen LogP contribution in [-0.2, 0) is 23.5 Å². The number of hydrogen-bond donors (Lipinski definition) is 0. The van der Waals surface area contributed by atoms with Gasteiger partial charge in [-0.1, -0.05) is 20.8 Å². The van der Waals surface area contributed by atoms with Crippen molar-refractivity contribution in [3.05, 3.63) is 11.8 Å². The SMILES string of the molecule is C#CCC(C(=O)OCC)(C(=O)OCC)C1C=C(O[Si](C)(C)C(C)(C)C)CCC1. The van der Waals surface area contributed by atoms with Crippen LogP contribution >= 0.6 is 0 Å². The first-order valence-electron chi connectivity index (χ1n) is 10.1. The molecule has 0 N–H and O–H groups in total. The van der Waals surface area contributed by atoms with Crippen LogP contribution < -0.4 is 0 Å². The van der Waals surface area contributed by atoms with Gasteiger partial charge in [-0.3, -0.25) is 9.59 Å². The molecule has 0 fully saturated rings. The summed E-state index contributed by atoms with van der Waals surface area (Å²) >= 11 is 0. The van der Waals surface area contributed by atoms with Gasteiger partial charge in [0.15, 0.2) is 5.41 Å². The fourth-order valence-corrected chi connectivity index (χ4v) is 4.32. The van der Waals surface area contributed by atoms with E-state index in [1.54, 1.807) is 13.8 Å². The summed E-state index contributed by atoms with van der Waals surface area (Å²) in [7, 11) is -2.03. The monoisotopic (exact) mass is 408 g/mol. The lowest BCUT2D eigenvalue weighted by atomic mass is 9.69. The van der Waals surface area contributed by atoms with Crippen LogP contribution in [0.1, 0.15) is 60.3 Å². The first-order valence-corrected chi connectivity index (χ1v) is 13.0. The Labute approximate surface area is 171 Å². The summed E-state index contributed by atoms with van der Waals surface area (Å²) in [6, 6.07) is 0. The zero-order chi connectivity index (χ0) is 21.6. The largest absolute Gasteiger partial charge is 0.547 e. The number of carbonyl (C=O) groups excluding carboxylic acids is 2. The first-order chi connectivity index (χ1) is 13.0. The topological polar surface area (TPSA) is 61.8 Å². The molecule has 0 aromatic heterocycles. The second kappa shape index (κ2) is 9.64. The Morgan fingerprint density at radius 1 is 1.18 bits per heavy atom.